The fourth-order valence-corrected chi connectivity index (χ4v) is 3.03. The van der Waals surface area contributed by atoms with Crippen molar-refractivity contribution in [3.8, 4) is 0 Å². The van der Waals surface area contributed by atoms with E-state index < -0.39 is 4.92 Å². The van der Waals surface area contributed by atoms with Crippen LogP contribution < -0.4 is 0 Å². The third kappa shape index (κ3) is 2.46. The maximum Gasteiger partial charge on any atom is 0.362 e. The number of esters is 1. The van der Waals surface area contributed by atoms with Crippen LogP contribution in [0.1, 0.15) is 6.42 Å². The third-order valence-corrected chi connectivity index (χ3v) is 3.86. The molecule has 0 amide bonds. The molecule has 96 valence electrons. The maximum absolute atomic E-state index is 11.0. The predicted molar refractivity (Wildman–Crippen MR) is 67.1 cm³/mol. The Labute approximate surface area is 110 Å². The highest BCUT2D eigenvalue weighted by Crippen LogP contribution is 2.31. The van der Waals surface area contributed by atoms with Gasteiger partial charge in [-0.15, -0.1) is 0 Å². The largest absolute Gasteiger partial charge is 0.469 e. The molecule has 18 heavy (non-hydrogen) atoms. The second-order valence-electron chi connectivity index (χ2n) is 3.23. The van der Waals surface area contributed by atoms with E-state index >= 15 is 0 Å². The minimum Gasteiger partial charge on any atom is -0.469 e. The van der Waals surface area contributed by atoms with Crippen LogP contribution in [0, 0.1) is 10.1 Å². The number of thiazole rings is 1. The van der Waals surface area contributed by atoms with Gasteiger partial charge in [0.2, 0.25) is 0 Å². The topological polar surface area (TPSA) is 86.7 Å². The van der Waals surface area contributed by atoms with Crippen molar-refractivity contribution in [2.45, 2.75) is 11.4 Å². The van der Waals surface area contributed by atoms with Gasteiger partial charge in [-0.3, -0.25) is 4.79 Å². The van der Waals surface area contributed by atoms with Gasteiger partial charge >= 0.3 is 11.8 Å². The summed E-state index contributed by atoms with van der Waals surface area (Å²) in [7, 11) is 1.31. The van der Waals surface area contributed by atoms with E-state index in [1.807, 2.05) is 0 Å². The molecule has 0 atom stereocenters. The molecule has 0 radical (unpaired) electrons. The first-order valence-corrected chi connectivity index (χ1v) is 6.79. The number of hydrogen-bond donors (Lipinski definition) is 0. The average molecular weight is 287 g/mol. The normalized spacial score (nSPS) is 10.7. The van der Waals surface area contributed by atoms with Gasteiger partial charge < -0.3 is 14.9 Å². The van der Waals surface area contributed by atoms with Gasteiger partial charge in [0, 0.05) is 11.1 Å². The summed E-state index contributed by atoms with van der Waals surface area (Å²) < 4.78 is 5.94. The highest BCUT2D eigenvalue weighted by atomic mass is 32.2. The number of imidazole rings is 1. The summed E-state index contributed by atoms with van der Waals surface area (Å²) in [5, 5.41) is 13.1. The second kappa shape index (κ2) is 5.36. The number of methoxy groups -OCH3 is 1. The SMILES string of the molecule is COC(=O)CCSc1nc2sccn2c1[N+](=O)[O-]. The molecule has 0 bridgehead atoms. The van der Waals surface area contributed by atoms with Crippen molar-refractivity contribution in [1.82, 2.24) is 9.38 Å². The van der Waals surface area contributed by atoms with E-state index in [1.54, 1.807) is 11.6 Å². The average Bonchev–Trinajstić information content (AvgIpc) is 2.87. The maximum atomic E-state index is 11.0. The number of ether oxygens (including phenoxy) is 1. The van der Waals surface area contributed by atoms with Gasteiger partial charge in [-0.05, 0) is 4.92 Å². The summed E-state index contributed by atoms with van der Waals surface area (Å²) in [6.07, 6.45) is 1.80. The molecule has 2 heterocycles. The Bertz CT molecular complexity index is 592. The van der Waals surface area contributed by atoms with E-state index in [4.69, 9.17) is 0 Å². The van der Waals surface area contributed by atoms with Gasteiger partial charge in [0.1, 0.15) is 6.20 Å². The highest BCUT2D eigenvalue weighted by Gasteiger charge is 2.23. The van der Waals surface area contributed by atoms with Gasteiger partial charge in [-0.2, -0.15) is 9.38 Å². The molecule has 9 heteroatoms. The molecule has 0 aliphatic heterocycles. The number of thioether (sulfide) groups is 1. The molecule has 0 spiro atoms. The molecule has 7 nitrogen and oxygen atoms in total. The zero-order valence-corrected chi connectivity index (χ0v) is 11.0. The summed E-state index contributed by atoms with van der Waals surface area (Å²) in [5.41, 5.74) is 0. The fraction of sp³-hybridized carbons (Fsp3) is 0.333. The zero-order valence-electron chi connectivity index (χ0n) is 9.36. The minimum atomic E-state index is -0.465. The van der Waals surface area contributed by atoms with Crippen LogP contribution in [0.4, 0.5) is 5.82 Å². The Hall–Kier alpha value is -1.61. The van der Waals surface area contributed by atoms with Gasteiger partial charge in [-0.1, -0.05) is 23.1 Å². The number of fused-ring (bicyclic) bond motifs is 1. The summed E-state index contributed by atoms with van der Waals surface area (Å²) in [6, 6.07) is 0. The Kier molecular flexibility index (Phi) is 3.82. The monoisotopic (exact) mass is 287 g/mol. The Morgan fingerprint density at radius 2 is 2.50 bits per heavy atom. The van der Waals surface area contributed by atoms with E-state index in [2.05, 4.69) is 9.72 Å². The third-order valence-electron chi connectivity index (χ3n) is 2.15. The van der Waals surface area contributed by atoms with Crippen LogP contribution in [-0.2, 0) is 9.53 Å². The minimum absolute atomic E-state index is 0.0545. The molecular weight excluding hydrogens is 278 g/mol. The zero-order chi connectivity index (χ0) is 13.1. The molecule has 2 aromatic rings. The number of rotatable bonds is 5. The predicted octanol–water partition coefficient (Wildman–Crippen LogP) is 1.96. The summed E-state index contributed by atoms with van der Waals surface area (Å²) in [4.78, 5) is 26.2. The molecule has 0 fully saturated rings. The number of aromatic nitrogens is 2. The molecular formula is C9H9N3O4S2. The molecule has 2 aromatic heterocycles. The molecule has 0 unspecified atom stereocenters. The van der Waals surface area contributed by atoms with Crippen molar-refractivity contribution in [3.63, 3.8) is 0 Å². The van der Waals surface area contributed by atoms with Gasteiger partial charge in [0.15, 0.2) is 5.03 Å². The molecule has 0 N–H and O–H groups in total. The van der Waals surface area contributed by atoms with E-state index in [0.29, 0.717) is 15.7 Å². The van der Waals surface area contributed by atoms with Crippen molar-refractivity contribution in [1.29, 1.82) is 0 Å². The lowest BCUT2D eigenvalue weighted by Gasteiger charge is -1.98. The number of carbonyl (C=O) groups excluding carboxylic acids is 1. The Morgan fingerprint density at radius 3 is 3.17 bits per heavy atom. The lowest BCUT2D eigenvalue weighted by molar-refractivity contribution is -0.393. The first-order valence-electron chi connectivity index (χ1n) is 4.93. The van der Waals surface area contributed by atoms with Crippen LogP contribution in [0.2, 0.25) is 0 Å². The summed E-state index contributed by atoms with van der Waals surface area (Å²) in [6.45, 7) is 0. The summed E-state index contributed by atoms with van der Waals surface area (Å²) in [5.74, 6) is 0.00511. The number of carbonyl (C=O) groups is 1. The first-order chi connectivity index (χ1) is 8.63. The van der Waals surface area contributed by atoms with Gasteiger partial charge in [0.05, 0.1) is 13.5 Å². The van der Waals surface area contributed by atoms with Crippen molar-refractivity contribution >= 4 is 39.8 Å². The molecule has 0 saturated heterocycles. The van der Waals surface area contributed by atoms with Crippen molar-refractivity contribution in [2.75, 3.05) is 12.9 Å². The number of nitro groups is 1. The van der Waals surface area contributed by atoms with Crippen LogP contribution in [-0.4, -0.2) is 33.1 Å². The van der Waals surface area contributed by atoms with E-state index in [0.717, 1.165) is 0 Å². The van der Waals surface area contributed by atoms with Crippen molar-refractivity contribution < 1.29 is 14.5 Å². The van der Waals surface area contributed by atoms with Crippen LogP contribution in [0.25, 0.3) is 4.96 Å². The molecule has 2 rings (SSSR count). The lowest BCUT2D eigenvalue weighted by Crippen LogP contribution is -2.01. The van der Waals surface area contributed by atoms with Crippen LogP contribution >= 0.6 is 23.1 Å². The number of hydrogen-bond acceptors (Lipinski definition) is 7. The molecule has 0 saturated carbocycles. The lowest BCUT2D eigenvalue weighted by atomic mass is 10.5. The van der Waals surface area contributed by atoms with Crippen molar-refractivity contribution in [3.05, 3.63) is 21.7 Å². The Balaban J connectivity index is 2.17. The standard InChI is InChI=1S/C9H9N3O4S2/c1-16-6(13)2-4-17-7-8(12(14)15)11-3-5-18-9(11)10-7/h3,5H,2,4H2,1H3. The fourth-order valence-electron chi connectivity index (χ4n) is 1.35. The first kappa shape index (κ1) is 12.8. The molecule has 0 aromatic carbocycles. The van der Waals surface area contributed by atoms with Crippen LogP contribution in [0.5, 0.6) is 0 Å². The quantitative estimate of drug-likeness (QED) is 0.361. The van der Waals surface area contributed by atoms with E-state index in [9.17, 15) is 14.9 Å². The van der Waals surface area contributed by atoms with Gasteiger partial charge in [0.25, 0.3) is 4.96 Å². The number of nitrogens with zero attached hydrogens (tertiary/aromatic N) is 3. The van der Waals surface area contributed by atoms with Gasteiger partial charge in [-0.25, -0.2) is 0 Å². The smallest absolute Gasteiger partial charge is 0.362 e. The van der Waals surface area contributed by atoms with Crippen LogP contribution in [0.3, 0.4) is 0 Å². The Morgan fingerprint density at radius 1 is 1.72 bits per heavy atom. The molecule has 0 aliphatic carbocycles. The summed E-state index contributed by atoms with van der Waals surface area (Å²) >= 11 is 2.51. The highest BCUT2D eigenvalue weighted by molar-refractivity contribution is 7.99. The van der Waals surface area contributed by atoms with Crippen LogP contribution in [0.15, 0.2) is 16.6 Å². The van der Waals surface area contributed by atoms with Crippen molar-refractivity contribution in [2.24, 2.45) is 0 Å². The van der Waals surface area contributed by atoms with E-state index in [-0.39, 0.29) is 18.2 Å². The van der Waals surface area contributed by atoms with E-state index in [1.165, 1.54) is 34.6 Å². The molecule has 0 aliphatic rings. The second-order valence-corrected chi connectivity index (χ2v) is 5.18.